The van der Waals surface area contributed by atoms with Crippen LogP contribution in [0.25, 0.3) is 16.7 Å². The van der Waals surface area contributed by atoms with Gasteiger partial charge in [0.25, 0.3) is 5.91 Å². The van der Waals surface area contributed by atoms with Crippen LogP contribution in [0.15, 0.2) is 60.7 Å². The second-order valence-corrected chi connectivity index (χ2v) is 7.50. The minimum Gasteiger partial charge on any atom is -0.464 e. The molecule has 0 bridgehead atoms. The van der Waals surface area contributed by atoms with E-state index in [0.717, 1.165) is 22.3 Å². The van der Waals surface area contributed by atoms with E-state index >= 15 is 0 Å². The van der Waals surface area contributed by atoms with Gasteiger partial charge in [-0.15, -0.1) is 0 Å². The first-order valence-corrected chi connectivity index (χ1v) is 9.95. The summed E-state index contributed by atoms with van der Waals surface area (Å²) in [7, 11) is 0. The maximum Gasteiger partial charge on any atom is 0.265 e. The zero-order chi connectivity index (χ0) is 21.3. The molecule has 2 aromatic carbocycles. The highest BCUT2D eigenvalue weighted by Gasteiger charge is 2.19. The normalized spacial score (nSPS) is 12.0. The number of hydrogen-bond donors (Lipinski definition) is 1. The number of rotatable bonds is 5. The van der Waals surface area contributed by atoms with Crippen molar-refractivity contribution in [2.45, 2.75) is 26.9 Å². The maximum absolute atomic E-state index is 12.5. The van der Waals surface area contributed by atoms with Gasteiger partial charge in [0.15, 0.2) is 11.8 Å². The Morgan fingerprint density at radius 3 is 2.50 bits per heavy atom. The highest BCUT2D eigenvalue weighted by Crippen LogP contribution is 2.27. The Morgan fingerprint density at radius 1 is 1.10 bits per heavy atom. The Labute approximate surface area is 179 Å². The Balaban J connectivity index is 1.61. The van der Waals surface area contributed by atoms with Crippen molar-refractivity contribution < 1.29 is 9.53 Å². The van der Waals surface area contributed by atoms with Crippen LogP contribution in [0.4, 0.5) is 5.69 Å². The maximum atomic E-state index is 12.5. The molecule has 0 aliphatic heterocycles. The number of benzene rings is 2. The van der Waals surface area contributed by atoms with Crippen molar-refractivity contribution in [3.63, 3.8) is 0 Å². The summed E-state index contributed by atoms with van der Waals surface area (Å²) in [6, 6.07) is 18.5. The molecule has 7 heteroatoms. The molecule has 0 unspecified atom stereocenters. The van der Waals surface area contributed by atoms with Gasteiger partial charge in [0.05, 0.1) is 11.4 Å². The molecule has 4 aromatic rings. The summed E-state index contributed by atoms with van der Waals surface area (Å²) in [5, 5.41) is 9.05. The van der Waals surface area contributed by atoms with E-state index in [1.807, 2.05) is 50.2 Å². The summed E-state index contributed by atoms with van der Waals surface area (Å²) < 4.78 is 7.67. The Morgan fingerprint density at radius 2 is 1.80 bits per heavy atom. The van der Waals surface area contributed by atoms with Gasteiger partial charge in [0.2, 0.25) is 5.88 Å². The lowest BCUT2D eigenvalue weighted by Gasteiger charge is -2.15. The number of para-hydroxylation sites is 1. The van der Waals surface area contributed by atoms with E-state index in [1.54, 1.807) is 35.9 Å². The van der Waals surface area contributed by atoms with E-state index in [9.17, 15) is 4.79 Å². The average Bonchev–Trinajstić information content (AvgIpc) is 3.07. The molecule has 1 atom stereocenters. The standard InChI is InChI=1S/C23H21ClN4O2/c1-14-13-20(30-16(3)23(29)25-18-11-9-17(24)10-12-18)26-22-21(14)15(2)27-28(22)19-7-5-4-6-8-19/h4-13,16H,1-3H3,(H,25,29)/t16-/m1/s1. The molecule has 0 spiro atoms. The van der Waals surface area contributed by atoms with Crippen molar-refractivity contribution >= 4 is 34.2 Å². The molecule has 0 radical (unpaired) electrons. The fourth-order valence-electron chi connectivity index (χ4n) is 3.30. The van der Waals surface area contributed by atoms with Crippen LogP contribution in [0.5, 0.6) is 5.88 Å². The van der Waals surface area contributed by atoms with E-state index in [-0.39, 0.29) is 5.91 Å². The topological polar surface area (TPSA) is 69.0 Å². The number of carbonyl (C=O) groups is 1. The van der Waals surface area contributed by atoms with Crippen molar-refractivity contribution in [2.75, 3.05) is 5.32 Å². The van der Waals surface area contributed by atoms with Crippen LogP contribution in [-0.2, 0) is 4.79 Å². The van der Waals surface area contributed by atoms with E-state index in [1.165, 1.54) is 0 Å². The van der Waals surface area contributed by atoms with E-state index < -0.39 is 6.10 Å². The molecule has 0 aliphatic carbocycles. The first-order valence-electron chi connectivity index (χ1n) is 9.58. The first kappa shape index (κ1) is 19.9. The smallest absolute Gasteiger partial charge is 0.265 e. The van der Waals surface area contributed by atoms with E-state index in [0.29, 0.717) is 22.2 Å². The molecule has 1 N–H and O–H groups in total. The number of halogens is 1. The number of ether oxygens (including phenoxy) is 1. The van der Waals surface area contributed by atoms with Crippen LogP contribution in [0.3, 0.4) is 0 Å². The van der Waals surface area contributed by atoms with Crippen LogP contribution in [-0.4, -0.2) is 26.8 Å². The van der Waals surface area contributed by atoms with E-state index in [4.69, 9.17) is 16.3 Å². The molecule has 4 rings (SSSR count). The van der Waals surface area contributed by atoms with Gasteiger partial charge in [0, 0.05) is 22.2 Å². The van der Waals surface area contributed by atoms with Gasteiger partial charge in [-0.3, -0.25) is 4.79 Å². The first-order chi connectivity index (χ1) is 14.4. The predicted octanol–water partition coefficient (Wildman–Crippen LogP) is 5.10. The number of anilines is 1. The van der Waals surface area contributed by atoms with Gasteiger partial charge in [-0.25, -0.2) is 4.68 Å². The van der Waals surface area contributed by atoms with Gasteiger partial charge >= 0.3 is 0 Å². The quantitative estimate of drug-likeness (QED) is 0.487. The summed E-state index contributed by atoms with van der Waals surface area (Å²) in [5.74, 6) is 0.0976. The number of aromatic nitrogens is 3. The molecular weight excluding hydrogens is 400 g/mol. The highest BCUT2D eigenvalue weighted by atomic mass is 35.5. The van der Waals surface area contributed by atoms with Crippen molar-refractivity contribution in [1.29, 1.82) is 0 Å². The Hall–Kier alpha value is -3.38. The largest absolute Gasteiger partial charge is 0.464 e. The number of nitrogens with one attached hydrogen (secondary N) is 1. The SMILES string of the molecule is Cc1cc(O[C@H](C)C(=O)Nc2ccc(Cl)cc2)nc2c1c(C)nn2-c1ccccc1. The fraction of sp³-hybridized carbons (Fsp3) is 0.174. The van der Waals surface area contributed by atoms with Crippen molar-refractivity contribution in [2.24, 2.45) is 0 Å². The number of hydrogen-bond acceptors (Lipinski definition) is 4. The molecule has 0 saturated carbocycles. The van der Waals surface area contributed by atoms with Gasteiger partial charge in [-0.1, -0.05) is 29.8 Å². The molecule has 30 heavy (non-hydrogen) atoms. The summed E-state index contributed by atoms with van der Waals surface area (Å²) in [6.45, 7) is 5.63. The molecule has 0 aliphatic rings. The summed E-state index contributed by atoms with van der Waals surface area (Å²) in [6.07, 6.45) is -0.737. The lowest BCUT2D eigenvalue weighted by atomic mass is 10.1. The lowest BCUT2D eigenvalue weighted by molar-refractivity contribution is -0.122. The van der Waals surface area contributed by atoms with Crippen molar-refractivity contribution in [1.82, 2.24) is 14.8 Å². The van der Waals surface area contributed by atoms with Crippen LogP contribution >= 0.6 is 11.6 Å². The van der Waals surface area contributed by atoms with Crippen LogP contribution in [0.1, 0.15) is 18.2 Å². The van der Waals surface area contributed by atoms with Crippen LogP contribution in [0.2, 0.25) is 5.02 Å². The van der Waals surface area contributed by atoms with Gasteiger partial charge in [-0.05, 0) is 62.7 Å². The van der Waals surface area contributed by atoms with Crippen LogP contribution < -0.4 is 10.1 Å². The molecule has 6 nitrogen and oxygen atoms in total. The number of fused-ring (bicyclic) bond motifs is 1. The molecule has 2 aromatic heterocycles. The minimum atomic E-state index is -0.737. The summed E-state index contributed by atoms with van der Waals surface area (Å²) in [5.41, 5.74) is 4.13. The molecule has 152 valence electrons. The van der Waals surface area contributed by atoms with Crippen molar-refractivity contribution in [3.8, 4) is 11.6 Å². The number of aryl methyl sites for hydroxylation is 2. The van der Waals surface area contributed by atoms with E-state index in [2.05, 4.69) is 15.4 Å². The minimum absolute atomic E-state index is 0.273. The third-order valence-corrected chi connectivity index (χ3v) is 5.02. The summed E-state index contributed by atoms with van der Waals surface area (Å²) in [4.78, 5) is 17.2. The number of carbonyl (C=O) groups excluding carboxylic acids is 1. The van der Waals surface area contributed by atoms with Gasteiger partial charge in [-0.2, -0.15) is 10.1 Å². The second-order valence-electron chi connectivity index (χ2n) is 7.06. The number of pyridine rings is 1. The highest BCUT2D eigenvalue weighted by molar-refractivity contribution is 6.30. The lowest BCUT2D eigenvalue weighted by Crippen LogP contribution is -2.30. The zero-order valence-electron chi connectivity index (χ0n) is 16.9. The molecular formula is C23H21ClN4O2. The van der Waals surface area contributed by atoms with Crippen LogP contribution in [0, 0.1) is 13.8 Å². The average molecular weight is 421 g/mol. The Bertz CT molecular complexity index is 1200. The molecule has 0 fully saturated rings. The Kier molecular flexibility index (Phi) is 5.42. The monoisotopic (exact) mass is 420 g/mol. The fourth-order valence-corrected chi connectivity index (χ4v) is 3.42. The second kappa shape index (κ2) is 8.16. The third kappa shape index (κ3) is 4.00. The number of amides is 1. The molecule has 2 heterocycles. The van der Waals surface area contributed by atoms with Crippen molar-refractivity contribution in [3.05, 3.63) is 76.9 Å². The molecule has 1 amide bonds. The molecule has 0 saturated heterocycles. The van der Waals surface area contributed by atoms with Gasteiger partial charge < -0.3 is 10.1 Å². The third-order valence-electron chi connectivity index (χ3n) is 4.77. The zero-order valence-corrected chi connectivity index (χ0v) is 17.6. The van der Waals surface area contributed by atoms with Gasteiger partial charge in [0.1, 0.15) is 0 Å². The number of nitrogens with zero attached hydrogens (tertiary/aromatic N) is 3. The predicted molar refractivity (Wildman–Crippen MR) is 119 cm³/mol. The summed E-state index contributed by atoms with van der Waals surface area (Å²) >= 11 is 5.89.